The number of fused-ring (bicyclic) bond motifs is 1. The minimum absolute atomic E-state index is 0.0447. The molecule has 0 saturated carbocycles. The van der Waals surface area contributed by atoms with Crippen molar-refractivity contribution in [3.8, 4) is 11.5 Å². The van der Waals surface area contributed by atoms with Crippen LogP contribution in [-0.2, 0) is 22.3 Å². The first-order valence-corrected chi connectivity index (χ1v) is 11.3. The van der Waals surface area contributed by atoms with Crippen LogP contribution >= 0.6 is 0 Å². The number of phenolic OH excluding ortho intramolecular Hbond substituents is 2. The van der Waals surface area contributed by atoms with Crippen LogP contribution in [0.1, 0.15) is 81.8 Å². The second-order valence-electron chi connectivity index (χ2n) is 10.1. The molecule has 1 aromatic rings. The molecule has 4 atom stereocenters. The lowest BCUT2D eigenvalue weighted by Gasteiger charge is -2.33. The average molecular weight is 449 g/mol. The highest BCUT2D eigenvalue weighted by atomic mass is 16.5. The van der Waals surface area contributed by atoms with Crippen LogP contribution in [0, 0.1) is 0 Å². The van der Waals surface area contributed by atoms with Gasteiger partial charge in [-0.2, -0.15) is 0 Å². The third-order valence-corrected chi connectivity index (χ3v) is 6.78. The van der Waals surface area contributed by atoms with Crippen molar-refractivity contribution in [3.05, 3.63) is 34.4 Å². The Bertz CT molecular complexity index is 899. The molecule has 1 aromatic carbocycles. The lowest BCUT2D eigenvalue weighted by molar-refractivity contribution is -0.153. The van der Waals surface area contributed by atoms with Crippen molar-refractivity contribution in [1.29, 1.82) is 0 Å². The molecule has 7 nitrogen and oxygen atoms in total. The summed E-state index contributed by atoms with van der Waals surface area (Å²) in [5, 5.41) is 41.5. The van der Waals surface area contributed by atoms with Crippen LogP contribution in [0.4, 0.5) is 0 Å². The predicted octanol–water partition coefficient (Wildman–Crippen LogP) is 3.54. The van der Waals surface area contributed by atoms with Gasteiger partial charge in [0.15, 0.2) is 0 Å². The van der Waals surface area contributed by atoms with Crippen LogP contribution in [0.5, 0.6) is 11.5 Å². The van der Waals surface area contributed by atoms with Crippen molar-refractivity contribution >= 4 is 5.97 Å². The Kier molecular flexibility index (Phi) is 6.94. The first kappa shape index (κ1) is 24.6. The molecule has 1 fully saturated rings. The van der Waals surface area contributed by atoms with E-state index in [-0.39, 0.29) is 29.3 Å². The number of ether oxygens (including phenoxy) is 2. The fraction of sp³-hybridized carbons (Fsp3) is 0.640. The number of carbonyl (C=O) groups is 1. The van der Waals surface area contributed by atoms with E-state index in [1.807, 2.05) is 19.9 Å². The van der Waals surface area contributed by atoms with Crippen LogP contribution < -0.4 is 0 Å². The number of cyclic esters (lactones) is 1. The Labute approximate surface area is 189 Å². The van der Waals surface area contributed by atoms with Gasteiger partial charge in [-0.1, -0.05) is 11.6 Å². The molecule has 0 aromatic heterocycles. The topological polar surface area (TPSA) is 116 Å². The number of aromatic hydroxyl groups is 2. The van der Waals surface area contributed by atoms with E-state index < -0.39 is 23.3 Å². The predicted molar refractivity (Wildman–Crippen MR) is 120 cm³/mol. The van der Waals surface area contributed by atoms with Crippen LogP contribution in [0.25, 0.3) is 0 Å². The molecule has 0 aliphatic carbocycles. The van der Waals surface area contributed by atoms with Crippen molar-refractivity contribution < 1.29 is 34.7 Å². The highest BCUT2D eigenvalue weighted by Crippen LogP contribution is 2.39. The van der Waals surface area contributed by atoms with E-state index >= 15 is 0 Å². The number of aliphatic hydroxyl groups excluding tert-OH is 1. The molecule has 0 radical (unpaired) electrons. The molecule has 0 unspecified atom stereocenters. The summed E-state index contributed by atoms with van der Waals surface area (Å²) in [4.78, 5) is 12.2. The minimum Gasteiger partial charge on any atom is -0.508 e. The Morgan fingerprint density at radius 3 is 2.66 bits per heavy atom. The van der Waals surface area contributed by atoms with Gasteiger partial charge < -0.3 is 29.9 Å². The van der Waals surface area contributed by atoms with Gasteiger partial charge in [-0.3, -0.25) is 0 Å². The highest BCUT2D eigenvalue weighted by molar-refractivity contribution is 5.96. The summed E-state index contributed by atoms with van der Waals surface area (Å²) in [6.45, 7) is 9.08. The summed E-state index contributed by atoms with van der Waals surface area (Å²) in [6.07, 6.45) is 4.09. The highest BCUT2D eigenvalue weighted by Gasteiger charge is 2.46. The Balaban J connectivity index is 1.66. The summed E-state index contributed by atoms with van der Waals surface area (Å²) in [7, 11) is 0. The summed E-state index contributed by atoms with van der Waals surface area (Å²) >= 11 is 0. The summed E-state index contributed by atoms with van der Waals surface area (Å²) < 4.78 is 11.2. The molecule has 32 heavy (non-hydrogen) atoms. The molecule has 3 rings (SSSR count). The van der Waals surface area contributed by atoms with E-state index in [9.17, 15) is 25.2 Å². The molecular formula is C25H36O7. The van der Waals surface area contributed by atoms with Crippen molar-refractivity contribution in [2.24, 2.45) is 0 Å². The van der Waals surface area contributed by atoms with Crippen molar-refractivity contribution in [3.63, 3.8) is 0 Å². The van der Waals surface area contributed by atoms with Gasteiger partial charge in [-0.15, -0.1) is 0 Å². The van der Waals surface area contributed by atoms with Crippen LogP contribution in [0.3, 0.4) is 0 Å². The molecule has 2 heterocycles. The number of carbonyl (C=O) groups excluding carboxylic acids is 1. The maximum absolute atomic E-state index is 12.2. The normalized spacial score (nSPS) is 27.2. The van der Waals surface area contributed by atoms with Gasteiger partial charge in [0, 0.05) is 18.1 Å². The third-order valence-electron chi connectivity index (χ3n) is 6.78. The molecule has 178 valence electrons. The number of allylic oxidation sites excluding steroid dienone is 2. The van der Waals surface area contributed by atoms with E-state index in [2.05, 4.69) is 0 Å². The van der Waals surface area contributed by atoms with E-state index in [1.54, 1.807) is 20.8 Å². The summed E-state index contributed by atoms with van der Waals surface area (Å²) in [6, 6.07) is 1.19. The number of aliphatic hydroxyl groups is 2. The van der Waals surface area contributed by atoms with Crippen LogP contribution in [-0.4, -0.2) is 55.9 Å². The first-order valence-electron chi connectivity index (χ1n) is 11.3. The number of phenols is 2. The molecular weight excluding hydrogens is 412 g/mol. The number of benzene rings is 1. The number of esters is 1. The molecule has 0 spiro atoms. The zero-order chi connectivity index (χ0) is 23.8. The van der Waals surface area contributed by atoms with Gasteiger partial charge in [0.25, 0.3) is 0 Å². The molecule has 1 saturated heterocycles. The fourth-order valence-electron chi connectivity index (χ4n) is 4.65. The maximum atomic E-state index is 12.2. The minimum atomic E-state index is -0.942. The lowest BCUT2D eigenvalue weighted by atomic mass is 9.89. The quantitative estimate of drug-likeness (QED) is 0.372. The Morgan fingerprint density at radius 1 is 1.34 bits per heavy atom. The maximum Gasteiger partial charge on any atom is 0.342 e. The Morgan fingerprint density at radius 2 is 2.03 bits per heavy atom. The summed E-state index contributed by atoms with van der Waals surface area (Å²) in [5.41, 5.74) is 0.778. The SMILES string of the molecule is C/C(=C\Cc1c(O)cc(O)c2c1C[C@@H](C)OC2=O)CC[C@H](O)[C@@]1(C)CC[C@@H](C(C)(C)O)O1. The van der Waals surface area contributed by atoms with E-state index in [4.69, 9.17) is 9.47 Å². The molecule has 4 N–H and O–H groups in total. The Hall–Kier alpha value is -2.09. The zero-order valence-electron chi connectivity index (χ0n) is 19.6. The smallest absolute Gasteiger partial charge is 0.342 e. The fourth-order valence-corrected chi connectivity index (χ4v) is 4.65. The molecule has 0 amide bonds. The first-order chi connectivity index (χ1) is 14.8. The van der Waals surface area contributed by atoms with Gasteiger partial charge in [0.05, 0.1) is 23.4 Å². The third kappa shape index (κ3) is 5.11. The number of rotatable bonds is 7. The molecule has 7 heteroatoms. The molecule has 2 aliphatic heterocycles. The monoisotopic (exact) mass is 448 g/mol. The standard InChI is InChI=1S/C25H36O7/c1-14(7-9-20(28)25(5)11-10-21(32-25)24(3,4)30)6-8-16-17-12-15(2)31-23(29)22(17)19(27)13-18(16)26/h6,13,15,20-21,26-28,30H,7-12H2,1-5H3/b14-6+/t15-,20+,21+,25-/m1/s1. The van der Waals surface area contributed by atoms with Crippen molar-refractivity contribution in [2.45, 2.75) is 103 Å². The van der Waals surface area contributed by atoms with Gasteiger partial charge in [-0.05, 0) is 72.3 Å². The van der Waals surface area contributed by atoms with Gasteiger partial charge in [-0.25, -0.2) is 4.79 Å². The van der Waals surface area contributed by atoms with E-state index in [1.165, 1.54) is 6.07 Å². The van der Waals surface area contributed by atoms with E-state index in [0.29, 0.717) is 49.7 Å². The van der Waals surface area contributed by atoms with Gasteiger partial charge in [0.1, 0.15) is 23.2 Å². The largest absolute Gasteiger partial charge is 0.508 e. The second kappa shape index (κ2) is 9.04. The molecule has 2 aliphatic rings. The zero-order valence-corrected chi connectivity index (χ0v) is 19.6. The van der Waals surface area contributed by atoms with Crippen molar-refractivity contribution in [1.82, 2.24) is 0 Å². The van der Waals surface area contributed by atoms with Gasteiger partial charge >= 0.3 is 5.97 Å². The van der Waals surface area contributed by atoms with Crippen LogP contribution in [0.2, 0.25) is 0 Å². The summed E-state index contributed by atoms with van der Waals surface area (Å²) in [5.74, 6) is -0.886. The number of hydrogen-bond donors (Lipinski definition) is 4. The average Bonchev–Trinajstić information content (AvgIpc) is 3.09. The van der Waals surface area contributed by atoms with Crippen LogP contribution in [0.15, 0.2) is 17.7 Å². The number of hydrogen-bond acceptors (Lipinski definition) is 7. The lowest BCUT2D eigenvalue weighted by Crippen LogP contribution is -2.43. The molecule has 0 bridgehead atoms. The van der Waals surface area contributed by atoms with E-state index in [0.717, 1.165) is 5.57 Å². The second-order valence-corrected chi connectivity index (χ2v) is 10.1. The van der Waals surface area contributed by atoms with Crippen molar-refractivity contribution in [2.75, 3.05) is 0 Å². The van der Waals surface area contributed by atoms with Gasteiger partial charge in [0.2, 0.25) is 0 Å².